The number of nitro benzene ring substituents is 1. The van der Waals surface area contributed by atoms with Gasteiger partial charge in [-0.3, -0.25) is 10.1 Å². The maximum Gasteiger partial charge on any atom is 0.269 e. The van der Waals surface area contributed by atoms with Gasteiger partial charge in [0, 0.05) is 23.1 Å². The zero-order chi connectivity index (χ0) is 14.8. The Morgan fingerprint density at radius 2 is 1.76 bits per heavy atom. The monoisotopic (exact) mass is 276 g/mol. The fraction of sp³-hybridized carbons (Fsp3) is 0. The lowest BCUT2D eigenvalue weighted by molar-refractivity contribution is -0.384. The van der Waals surface area contributed by atoms with Crippen LogP contribution in [0.2, 0.25) is 0 Å². The summed E-state index contributed by atoms with van der Waals surface area (Å²) in [5, 5.41) is 28.9. The highest BCUT2D eigenvalue weighted by Crippen LogP contribution is 2.27. The van der Waals surface area contributed by atoms with Gasteiger partial charge in [0.05, 0.1) is 16.0 Å². The van der Waals surface area contributed by atoms with Gasteiger partial charge < -0.3 is 0 Å². The molecule has 6 heteroatoms. The van der Waals surface area contributed by atoms with Gasteiger partial charge in [-0.15, -0.1) is 10.2 Å². The molecule has 0 aliphatic carbocycles. The normalized spacial score (nSPS) is 10.2. The van der Waals surface area contributed by atoms with E-state index in [9.17, 15) is 15.4 Å². The minimum Gasteiger partial charge on any atom is -0.258 e. The number of non-ortho nitro benzene ring substituents is 1. The molecule has 0 amide bonds. The van der Waals surface area contributed by atoms with Crippen molar-refractivity contribution in [1.82, 2.24) is 10.2 Å². The lowest BCUT2D eigenvalue weighted by Crippen LogP contribution is -1.95. The summed E-state index contributed by atoms with van der Waals surface area (Å²) < 4.78 is 0. The molecular formula is C15H8N4O2. The lowest BCUT2D eigenvalue weighted by Gasteiger charge is -2.05. The largest absolute Gasteiger partial charge is 0.269 e. The summed E-state index contributed by atoms with van der Waals surface area (Å²) in [4.78, 5) is 10.2. The topological polar surface area (TPSA) is 92.7 Å². The summed E-state index contributed by atoms with van der Waals surface area (Å²) in [5.41, 5.74) is 2.08. The molecular weight excluding hydrogens is 268 g/mol. The fourth-order valence-electron chi connectivity index (χ4n) is 2.11. The first-order valence-electron chi connectivity index (χ1n) is 6.11. The molecule has 1 aromatic heterocycles. The Balaban J connectivity index is 2.20. The van der Waals surface area contributed by atoms with Gasteiger partial charge in [-0.25, -0.2) is 0 Å². The number of fused-ring (bicyclic) bond motifs is 1. The molecule has 0 N–H and O–H groups in total. The Morgan fingerprint density at radius 3 is 2.43 bits per heavy atom. The smallest absolute Gasteiger partial charge is 0.258 e. The zero-order valence-corrected chi connectivity index (χ0v) is 10.7. The van der Waals surface area contributed by atoms with Crippen molar-refractivity contribution >= 4 is 16.6 Å². The Kier molecular flexibility index (Phi) is 3.01. The number of rotatable bonds is 2. The number of nitrogens with zero attached hydrogens (tertiary/aromatic N) is 4. The van der Waals surface area contributed by atoms with E-state index in [1.165, 1.54) is 12.1 Å². The Labute approximate surface area is 119 Å². The van der Waals surface area contributed by atoms with E-state index in [0.717, 1.165) is 0 Å². The highest BCUT2D eigenvalue weighted by atomic mass is 16.6. The number of hydrogen-bond acceptors (Lipinski definition) is 5. The van der Waals surface area contributed by atoms with E-state index in [4.69, 9.17) is 0 Å². The molecule has 2 aromatic carbocycles. The van der Waals surface area contributed by atoms with E-state index in [-0.39, 0.29) is 5.69 Å². The van der Waals surface area contributed by atoms with E-state index in [1.54, 1.807) is 24.3 Å². The highest BCUT2D eigenvalue weighted by molar-refractivity contribution is 5.89. The molecule has 1 heterocycles. The summed E-state index contributed by atoms with van der Waals surface area (Å²) in [6.45, 7) is 0. The molecule has 21 heavy (non-hydrogen) atoms. The molecule has 0 saturated carbocycles. The van der Waals surface area contributed by atoms with E-state index in [0.29, 0.717) is 27.7 Å². The molecule has 6 nitrogen and oxygen atoms in total. The molecule has 0 radical (unpaired) electrons. The number of nitro groups is 1. The quantitative estimate of drug-likeness (QED) is 0.529. The number of nitriles is 1. The maximum atomic E-state index is 10.7. The third-order valence-electron chi connectivity index (χ3n) is 3.13. The summed E-state index contributed by atoms with van der Waals surface area (Å²) >= 11 is 0. The van der Waals surface area contributed by atoms with Gasteiger partial charge in [-0.1, -0.05) is 18.2 Å². The van der Waals surface area contributed by atoms with Gasteiger partial charge in [-0.2, -0.15) is 5.26 Å². The second-order valence-electron chi connectivity index (χ2n) is 4.36. The molecule has 0 fully saturated rings. The molecule has 3 rings (SSSR count). The minimum atomic E-state index is -0.471. The third-order valence-corrected chi connectivity index (χ3v) is 3.13. The first kappa shape index (κ1) is 12.7. The van der Waals surface area contributed by atoms with Crippen LogP contribution in [0.4, 0.5) is 5.69 Å². The molecule has 0 spiro atoms. The Morgan fingerprint density at radius 1 is 1.05 bits per heavy atom. The van der Waals surface area contributed by atoms with Crippen LogP contribution in [-0.4, -0.2) is 15.1 Å². The van der Waals surface area contributed by atoms with Gasteiger partial charge in [0.15, 0.2) is 0 Å². The third kappa shape index (κ3) is 2.17. The Bertz CT molecular complexity index is 882. The van der Waals surface area contributed by atoms with Gasteiger partial charge in [-0.05, 0) is 18.2 Å². The molecule has 0 saturated heterocycles. The number of benzene rings is 2. The van der Waals surface area contributed by atoms with Gasteiger partial charge >= 0.3 is 0 Å². The van der Waals surface area contributed by atoms with E-state index >= 15 is 0 Å². The van der Waals surface area contributed by atoms with Crippen LogP contribution in [0.5, 0.6) is 0 Å². The first-order chi connectivity index (χ1) is 10.2. The van der Waals surface area contributed by atoms with Crippen LogP contribution in [0.1, 0.15) is 5.56 Å². The van der Waals surface area contributed by atoms with Crippen LogP contribution in [0, 0.1) is 21.4 Å². The molecule has 0 aliphatic rings. The average molecular weight is 276 g/mol. The average Bonchev–Trinajstić information content (AvgIpc) is 2.53. The van der Waals surface area contributed by atoms with E-state index in [1.807, 2.05) is 12.1 Å². The lowest BCUT2D eigenvalue weighted by atomic mass is 10.0. The second kappa shape index (κ2) is 4.98. The standard InChI is InChI=1S/C15H8N4O2/c16-9-13-12-3-1-2-4-14(12)17-18-15(13)10-5-7-11(8-6-10)19(20)21/h1-8H. The predicted molar refractivity (Wildman–Crippen MR) is 76.3 cm³/mol. The van der Waals surface area contributed by atoms with Crippen molar-refractivity contribution in [1.29, 1.82) is 5.26 Å². The molecule has 0 bridgehead atoms. The van der Waals surface area contributed by atoms with Crippen LogP contribution in [-0.2, 0) is 0 Å². The zero-order valence-electron chi connectivity index (χ0n) is 10.7. The highest BCUT2D eigenvalue weighted by Gasteiger charge is 2.13. The summed E-state index contributed by atoms with van der Waals surface area (Å²) in [6.07, 6.45) is 0. The predicted octanol–water partition coefficient (Wildman–Crippen LogP) is 3.08. The van der Waals surface area contributed by atoms with Crippen LogP contribution < -0.4 is 0 Å². The van der Waals surface area contributed by atoms with E-state index in [2.05, 4.69) is 16.3 Å². The molecule has 0 atom stereocenters. The van der Waals surface area contributed by atoms with Crippen LogP contribution in [0.25, 0.3) is 22.2 Å². The van der Waals surface area contributed by atoms with Gasteiger partial charge in [0.2, 0.25) is 0 Å². The van der Waals surface area contributed by atoms with Gasteiger partial charge in [0.1, 0.15) is 11.8 Å². The van der Waals surface area contributed by atoms with Crippen molar-refractivity contribution in [3.63, 3.8) is 0 Å². The van der Waals surface area contributed by atoms with Crippen molar-refractivity contribution in [3.05, 3.63) is 64.2 Å². The van der Waals surface area contributed by atoms with Crippen LogP contribution >= 0.6 is 0 Å². The SMILES string of the molecule is N#Cc1c(-c2ccc([N+](=O)[O-])cc2)nnc2ccccc12. The van der Waals surface area contributed by atoms with Crippen LogP contribution in [0.15, 0.2) is 48.5 Å². The maximum absolute atomic E-state index is 10.7. The van der Waals surface area contributed by atoms with Crippen molar-refractivity contribution < 1.29 is 4.92 Å². The summed E-state index contributed by atoms with van der Waals surface area (Å²) in [7, 11) is 0. The van der Waals surface area contributed by atoms with Crippen molar-refractivity contribution in [3.8, 4) is 17.3 Å². The van der Waals surface area contributed by atoms with E-state index < -0.39 is 4.92 Å². The van der Waals surface area contributed by atoms with Crippen molar-refractivity contribution in [2.75, 3.05) is 0 Å². The number of aromatic nitrogens is 2. The first-order valence-corrected chi connectivity index (χ1v) is 6.11. The molecule has 0 unspecified atom stereocenters. The molecule has 3 aromatic rings. The Hall–Kier alpha value is -3.33. The number of hydrogen-bond donors (Lipinski definition) is 0. The minimum absolute atomic E-state index is 0.00833. The second-order valence-corrected chi connectivity index (χ2v) is 4.36. The molecule has 100 valence electrons. The summed E-state index contributed by atoms with van der Waals surface area (Å²) in [6, 6.07) is 15.3. The van der Waals surface area contributed by atoms with Crippen molar-refractivity contribution in [2.45, 2.75) is 0 Å². The fourth-order valence-corrected chi connectivity index (χ4v) is 2.11. The van der Waals surface area contributed by atoms with Crippen molar-refractivity contribution in [2.24, 2.45) is 0 Å². The van der Waals surface area contributed by atoms with Crippen LogP contribution in [0.3, 0.4) is 0 Å². The molecule has 0 aliphatic heterocycles. The summed E-state index contributed by atoms with van der Waals surface area (Å²) in [5.74, 6) is 0. The van der Waals surface area contributed by atoms with Gasteiger partial charge in [0.25, 0.3) is 5.69 Å².